The Hall–Kier alpha value is -2.24. The third-order valence-corrected chi connectivity index (χ3v) is 4.54. The van der Waals surface area contributed by atoms with E-state index in [-0.39, 0.29) is 12.6 Å². The van der Waals surface area contributed by atoms with Crippen molar-refractivity contribution in [2.45, 2.75) is 58.6 Å². The van der Waals surface area contributed by atoms with Crippen LogP contribution in [0.1, 0.15) is 44.7 Å². The fraction of sp³-hybridized carbons (Fsp3) is 0.435. The number of halogens is 1. The number of carbonyl (C=O) groups excluding carboxylic acids is 1. The van der Waals surface area contributed by atoms with Crippen LogP contribution < -0.4 is 10.1 Å². The summed E-state index contributed by atoms with van der Waals surface area (Å²) < 4.78 is 11.1. The normalized spacial score (nSPS) is 12.3. The summed E-state index contributed by atoms with van der Waals surface area (Å²) in [5, 5.41) is 12.8. The van der Waals surface area contributed by atoms with Gasteiger partial charge in [-0.3, -0.25) is 0 Å². The minimum Gasteiger partial charge on any atom is -0.457 e. The number of hydrogen-bond donors (Lipinski definition) is 2. The number of carbonyl (C=O) groups is 1. The van der Waals surface area contributed by atoms with E-state index in [0.717, 1.165) is 29.7 Å². The van der Waals surface area contributed by atoms with Gasteiger partial charge in [0.15, 0.2) is 0 Å². The third-order valence-electron chi connectivity index (χ3n) is 4.19. The molecule has 0 bridgehead atoms. The quantitative estimate of drug-likeness (QED) is 0.580. The number of alkyl carbamates (subject to hydrolysis) is 1. The van der Waals surface area contributed by atoms with Crippen molar-refractivity contribution in [1.29, 1.82) is 0 Å². The van der Waals surface area contributed by atoms with Crippen LogP contribution >= 0.6 is 11.6 Å². The number of aryl methyl sites for hydroxylation is 2. The summed E-state index contributed by atoms with van der Waals surface area (Å²) in [7, 11) is 0. The molecular formula is C23H30ClNO4. The second kappa shape index (κ2) is 10.5. The smallest absolute Gasteiger partial charge is 0.407 e. The molecule has 0 heterocycles. The SMILES string of the molecule is Cc1cccc(Oc2ccc(CCCC(CO)NC(=O)OC(C)(C)C)c(Cl)c2)c1. The molecule has 0 aliphatic rings. The van der Waals surface area contributed by atoms with Gasteiger partial charge in [-0.25, -0.2) is 4.79 Å². The Morgan fingerprint density at radius 3 is 2.52 bits per heavy atom. The van der Waals surface area contributed by atoms with Gasteiger partial charge in [0.2, 0.25) is 0 Å². The summed E-state index contributed by atoms with van der Waals surface area (Å²) in [6, 6.07) is 13.1. The van der Waals surface area contributed by atoms with Crippen molar-refractivity contribution in [1.82, 2.24) is 5.32 Å². The van der Waals surface area contributed by atoms with E-state index in [1.165, 1.54) is 0 Å². The highest BCUT2D eigenvalue weighted by molar-refractivity contribution is 6.31. The molecule has 1 unspecified atom stereocenters. The largest absolute Gasteiger partial charge is 0.457 e. The van der Waals surface area contributed by atoms with E-state index in [4.69, 9.17) is 21.1 Å². The zero-order valence-corrected chi connectivity index (χ0v) is 18.3. The lowest BCUT2D eigenvalue weighted by Crippen LogP contribution is -2.41. The molecule has 2 N–H and O–H groups in total. The molecule has 0 fully saturated rings. The molecule has 2 aromatic rings. The van der Waals surface area contributed by atoms with Gasteiger partial charge in [0.1, 0.15) is 17.1 Å². The van der Waals surface area contributed by atoms with Crippen molar-refractivity contribution in [3.05, 3.63) is 58.6 Å². The van der Waals surface area contributed by atoms with Gasteiger partial charge in [-0.2, -0.15) is 0 Å². The summed E-state index contributed by atoms with van der Waals surface area (Å²) >= 11 is 6.41. The molecule has 0 spiro atoms. The van der Waals surface area contributed by atoms with Crippen LogP contribution in [0.3, 0.4) is 0 Å². The number of amides is 1. The molecule has 0 saturated heterocycles. The standard InChI is InChI=1S/C23H30ClNO4/c1-16-7-5-10-19(13-16)28-20-12-11-17(21(24)14-20)8-6-9-18(15-26)25-22(27)29-23(2,3)4/h5,7,10-14,18,26H,6,8-9,15H2,1-4H3,(H,25,27). The molecule has 2 rings (SSSR count). The molecule has 0 radical (unpaired) electrons. The monoisotopic (exact) mass is 419 g/mol. The van der Waals surface area contributed by atoms with E-state index in [2.05, 4.69) is 5.32 Å². The summed E-state index contributed by atoms with van der Waals surface area (Å²) in [6.07, 6.45) is 1.59. The van der Waals surface area contributed by atoms with Gasteiger partial charge < -0.3 is 19.9 Å². The minimum absolute atomic E-state index is 0.143. The van der Waals surface area contributed by atoms with Crippen LogP contribution in [0.25, 0.3) is 0 Å². The average Bonchev–Trinajstić information content (AvgIpc) is 2.61. The lowest BCUT2D eigenvalue weighted by atomic mass is 10.0. The number of aliphatic hydroxyl groups excluding tert-OH is 1. The molecule has 0 aliphatic carbocycles. The maximum atomic E-state index is 11.8. The van der Waals surface area contributed by atoms with Gasteiger partial charge in [0.05, 0.1) is 12.6 Å². The molecule has 158 valence electrons. The van der Waals surface area contributed by atoms with Crippen LogP contribution in [0.4, 0.5) is 4.79 Å². The molecule has 1 atom stereocenters. The average molecular weight is 420 g/mol. The molecule has 29 heavy (non-hydrogen) atoms. The summed E-state index contributed by atoms with van der Waals surface area (Å²) in [5.74, 6) is 1.46. The Kier molecular flexibility index (Phi) is 8.35. The zero-order valence-electron chi connectivity index (χ0n) is 17.5. The number of rotatable bonds is 8. The highest BCUT2D eigenvalue weighted by Crippen LogP contribution is 2.28. The van der Waals surface area contributed by atoms with E-state index in [1.807, 2.05) is 49.4 Å². The van der Waals surface area contributed by atoms with Crippen LogP contribution in [0.15, 0.2) is 42.5 Å². The van der Waals surface area contributed by atoms with Gasteiger partial charge in [0, 0.05) is 5.02 Å². The van der Waals surface area contributed by atoms with E-state index in [1.54, 1.807) is 20.8 Å². The van der Waals surface area contributed by atoms with Crippen molar-refractivity contribution in [2.75, 3.05) is 6.61 Å². The van der Waals surface area contributed by atoms with E-state index >= 15 is 0 Å². The van der Waals surface area contributed by atoms with E-state index in [9.17, 15) is 9.90 Å². The van der Waals surface area contributed by atoms with Gasteiger partial charge in [0.25, 0.3) is 0 Å². The van der Waals surface area contributed by atoms with Crippen LogP contribution in [0.2, 0.25) is 5.02 Å². The highest BCUT2D eigenvalue weighted by atomic mass is 35.5. The lowest BCUT2D eigenvalue weighted by Gasteiger charge is -2.22. The molecular weight excluding hydrogens is 390 g/mol. The Labute approximate surface area is 178 Å². The molecule has 0 aliphatic heterocycles. The lowest BCUT2D eigenvalue weighted by molar-refractivity contribution is 0.0478. The molecule has 5 nitrogen and oxygen atoms in total. The number of benzene rings is 2. The number of nitrogens with one attached hydrogen (secondary N) is 1. The van der Waals surface area contributed by atoms with Gasteiger partial charge in [-0.1, -0.05) is 29.8 Å². The Morgan fingerprint density at radius 2 is 1.90 bits per heavy atom. The summed E-state index contributed by atoms with van der Waals surface area (Å²) in [5.41, 5.74) is 1.56. The van der Waals surface area contributed by atoms with Crippen LogP contribution in [-0.2, 0) is 11.2 Å². The molecule has 0 saturated carbocycles. The third kappa shape index (κ3) is 8.34. The second-order valence-electron chi connectivity index (χ2n) is 8.09. The predicted molar refractivity (Wildman–Crippen MR) is 116 cm³/mol. The van der Waals surface area contributed by atoms with Crippen molar-refractivity contribution < 1.29 is 19.4 Å². The fourth-order valence-corrected chi connectivity index (χ4v) is 3.10. The fourth-order valence-electron chi connectivity index (χ4n) is 2.83. The van der Waals surface area contributed by atoms with E-state index < -0.39 is 11.7 Å². The topological polar surface area (TPSA) is 67.8 Å². The molecule has 1 amide bonds. The van der Waals surface area contributed by atoms with E-state index in [0.29, 0.717) is 17.2 Å². The van der Waals surface area contributed by atoms with Crippen molar-refractivity contribution in [3.63, 3.8) is 0 Å². The van der Waals surface area contributed by atoms with Crippen molar-refractivity contribution in [2.24, 2.45) is 0 Å². The zero-order chi connectivity index (χ0) is 21.4. The molecule has 0 aromatic heterocycles. The van der Waals surface area contributed by atoms with Crippen molar-refractivity contribution in [3.8, 4) is 11.5 Å². The first-order chi connectivity index (χ1) is 13.7. The number of ether oxygens (including phenoxy) is 2. The maximum Gasteiger partial charge on any atom is 0.407 e. The minimum atomic E-state index is -0.570. The Morgan fingerprint density at radius 1 is 1.17 bits per heavy atom. The van der Waals surface area contributed by atoms with Gasteiger partial charge >= 0.3 is 6.09 Å². The first kappa shape index (κ1) is 23.0. The maximum absolute atomic E-state index is 11.8. The number of aliphatic hydroxyl groups is 1. The number of hydrogen-bond acceptors (Lipinski definition) is 4. The molecule has 6 heteroatoms. The van der Waals surface area contributed by atoms with Crippen LogP contribution in [0.5, 0.6) is 11.5 Å². The highest BCUT2D eigenvalue weighted by Gasteiger charge is 2.19. The van der Waals surface area contributed by atoms with Gasteiger partial charge in [-0.05, 0) is 82.3 Å². The second-order valence-corrected chi connectivity index (χ2v) is 8.50. The van der Waals surface area contributed by atoms with Crippen molar-refractivity contribution >= 4 is 17.7 Å². The Balaban J connectivity index is 1.86. The first-order valence-corrected chi connectivity index (χ1v) is 10.2. The summed E-state index contributed by atoms with van der Waals surface area (Å²) in [6.45, 7) is 7.27. The summed E-state index contributed by atoms with van der Waals surface area (Å²) in [4.78, 5) is 11.8. The Bertz CT molecular complexity index is 817. The van der Waals surface area contributed by atoms with Crippen LogP contribution in [-0.4, -0.2) is 29.4 Å². The van der Waals surface area contributed by atoms with Crippen LogP contribution in [0, 0.1) is 6.92 Å². The first-order valence-electron chi connectivity index (χ1n) is 9.79. The van der Waals surface area contributed by atoms with Gasteiger partial charge in [-0.15, -0.1) is 0 Å². The molecule has 2 aromatic carbocycles. The predicted octanol–water partition coefficient (Wildman–Crippen LogP) is 5.65.